The Morgan fingerprint density at radius 1 is 1.32 bits per heavy atom. The van der Waals surface area contributed by atoms with Gasteiger partial charge in [-0.25, -0.2) is 4.79 Å². The topological polar surface area (TPSA) is 66.8 Å². The van der Waals surface area contributed by atoms with E-state index in [9.17, 15) is 14.7 Å². The van der Waals surface area contributed by atoms with Gasteiger partial charge in [-0.15, -0.1) is 11.6 Å². The van der Waals surface area contributed by atoms with Gasteiger partial charge in [0.15, 0.2) is 0 Å². The summed E-state index contributed by atoms with van der Waals surface area (Å²) in [5.74, 6) is -0.890. The van der Waals surface area contributed by atoms with E-state index in [4.69, 9.17) is 16.3 Å². The monoisotopic (exact) mass is 291 g/mol. The van der Waals surface area contributed by atoms with Crippen molar-refractivity contribution in [2.75, 3.05) is 13.1 Å². The van der Waals surface area contributed by atoms with Crippen molar-refractivity contribution in [3.05, 3.63) is 0 Å². The van der Waals surface area contributed by atoms with E-state index in [0.29, 0.717) is 25.9 Å². The maximum absolute atomic E-state index is 11.9. The summed E-state index contributed by atoms with van der Waals surface area (Å²) < 4.78 is 5.27. The number of rotatable bonds is 2. The molecule has 1 rings (SSSR count). The Balaban J connectivity index is 2.66. The third-order valence-electron chi connectivity index (χ3n) is 3.49. The van der Waals surface area contributed by atoms with Gasteiger partial charge in [-0.3, -0.25) is 4.79 Å². The van der Waals surface area contributed by atoms with E-state index in [-0.39, 0.29) is 0 Å². The number of piperidine rings is 1. The molecule has 19 heavy (non-hydrogen) atoms. The molecule has 1 N–H and O–H groups in total. The van der Waals surface area contributed by atoms with Crippen molar-refractivity contribution in [1.29, 1.82) is 0 Å². The highest BCUT2D eigenvalue weighted by Gasteiger charge is 2.46. The Kier molecular flexibility index (Phi) is 4.72. The standard InChI is InChI=1S/C13H22ClNO4/c1-9(14)13(10(16)17)5-7-15(8-6-13)11(18)19-12(2,3)4/h9H,5-8H2,1-4H3,(H,16,17)/t9-/m0/s1. The second-order valence-electron chi connectivity index (χ2n) is 6.04. The molecule has 1 aliphatic rings. The van der Waals surface area contributed by atoms with Crippen LogP contribution in [0.3, 0.4) is 0 Å². The lowest BCUT2D eigenvalue weighted by molar-refractivity contribution is -0.152. The van der Waals surface area contributed by atoms with E-state index in [2.05, 4.69) is 0 Å². The van der Waals surface area contributed by atoms with Crippen molar-refractivity contribution in [3.8, 4) is 0 Å². The van der Waals surface area contributed by atoms with Gasteiger partial charge in [0.25, 0.3) is 0 Å². The molecule has 0 unspecified atom stereocenters. The van der Waals surface area contributed by atoms with Crippen molar-refractivity contribution >= 4 is 23.7 Å². The molecule has 6 heteroatoms. The summed E-state index contributed by atoms with van der Waals surface area (Å²) in [6.07, 6.45) is 0.312. The number of hydrogen-bond donors (Lipinski definition) is 1. The van der Waals surface area contributed by atoms with E-state index in [1.165, 1.54) is 0 Å². The fourth-order valence-electron chi connectivity index (χ4n) is 2.20. The molecule has 1 heterocycles. The zero-order chi connectivity index (χ0) is 14.8. The lowest BCUT2D eigenvalue weighted by atomic mass is 9.76. The molecule has 0 aromatic carbocycles. The molecule has 1 fully saturated rings. The van der Waals surface area contributed by atoms with Crippen LogP contribution in [0, 0.1) is 5.41 Å². The van der Waals surface area contributed by atoms with Crippen LogP contribution in [0.1, 0.15) is 40.5 Å². The second-order valence-corrected chi connectivity index (χ2v) is 6.70. The van der Waals surface area contributed by atoms with Crippen molar-refractivity contribution in [2.45, 2.75) is 51.5 Å². The summed E-state index contributed by atoms with van der Waals surface area (Å²) in [4.78, 5) is 24.8. The highest BCUT2D eigenvalue weighted by molar-refractivity contribution is 6.22. The fourth-order valence-corrected chi connectivity index (χ4v) is 2.51. The summed E-state index contributed by atoms with van der Waals surface area (Å²) >= 11 is 6.03. The van der Waals surface area contributed by atoms with Gasteiger partial charge in [-0.1, -0.05) is 0 Å². The summed E-state index contributed by atoms with van der Waals surface area (Å²) in [5, 5.41) is 8.88. The number of carboxylic acids is 1. The Morgan fingerprint density at radius 2 is 1.79 bits per heavy atom. The van der Waals surface area contributed by atoms with E-state index in [1.807, 2.05) is 0 Å². The largest absolute Gasteiger partial charge is 0.481 e. The molecule has 1 saturated heterocycles. The Bertz CT molecular complexity index is 354. The molecule has 110 valence electrons. The van der Waals surface area contributed by atoms with E-state index in [0.717, 1.165) is 0 Å². The number of aliphatic carboxylic acids is 1. The first-order valence-corrected chi connectivity index (χ1v) is 6.87. The minimum atomic E-state index is -0.944. The van der Waals surface area contributed by atoms with Gasteiger partial charge in [0, 0.05) is 18.5 Å². The van der Waals surface area contributed by atoms with Crippen molar-refractivity contribution in [1.82, 2.24) is 4.90 Å². The van der Waals surface area contributed by atoms with Crippen molar-refractivity contribution < 1.29 is 19.4 Å². The van der Waals surface area contributed by atoms with Crippen molar-refractivity contribution in [3.63, 3.8) is 0 Å². The number of nitrogens with zero attached hydrogens (tertiary/aromatic N) is 1. The number of carbonyl (C=O) groups excluding carboxylic acids is 1. The molecule has 1 amide bonds. The molecule has 0 radical (unpaired) electrons. The number of carboxylic acid groups (broad SMARTS) is 1. The van der Waals surface area contributed by atoms with Gasteiger partial charge in [-0.05, 0) is 40.5 Å². The summed E-state index contributed by atoms with van der Waals surface area (Å²) in [7, 11) is 0. The van der Waals surface area contributed by atoms with Crippen LogP contribution < -0.4 is 0 Å². The third kappa shape index (κ3) is 3.75. The average Bonchev–Trinajstić information content (AvgIpc) is 2.26. The summed E-state index contributed by atoms with van der Waals surface area (Å²) in [5.41, 5.74) is -1.49. The van der Waals surface area contributed by atoms with Crippen LogP contribution in [-0.2, 0) is 9.53 Å². The molecule has 0 aliphatic carbocycles. The lowest BCUT2D eigenvalue weighted by Gasteiger charge is -2.40. The van der Waals surface area contributed by atoms with Gasteiger partial charge in [-0.2, -0.15) is 0 Å². The van der Waals surface area contributed by atoms with Gasteiger partial charge in [0.2, 0.25) is 0 Å². The predicted molar refractivity (Wildman–Crippen MR) is 72.4 cm³/mol. The second kappa shape index (κ2) is 5.57. The molecule has 1 aliphatic heterocycles. The van der Waals surface area contributed by atoms with Crippen LogP contribution in [0.5, 0.6) is 0 Å². The van der Waals surface area contributed by atoms with E-state index >= 15 is 0 Å². The zero-order valence-electron chi connectivity index (χ0n) is 11.9. The summed E-state index contributed by atoms with van der Waals surface area (Å²) in [6.45, 7) is 7.82. The van der Waals surface area contributed by atoms with Crippen LogP contribution >= 0.6 is 11.6 Å². The maximum Gasteiger partial charge on any atom is 0.410 e. The molecular weight excluding hydrogens is 270 g/mol. The molecule has 0 spiro atoms. The first kappa shape index (κ1) is 16.1. The first-order chi connectivity index (χ1) is 8.58. The number of carbonyl (C=O) groups is 2. The summed E-state index contributed by atoms with van der Waals surface area (Å²) in [6, 6.07) is 0. The highest BCUT2D eigenvalue weighted by atomic mass is 35.5. The van der Waals surface area contributed by atoms with Gasteiger partial charge in [0.05, 0.1) is 5.41 Å². The molecule has 1 atom stereocenters. The molecular formula is C13H22ClNO4. The minimum Gasteiger partial charge on any atom is -0.481 e. The molecule has 5 nitrogen and oxygen atoms in total. The highest BCUT2D eigenvalue weighted by Crippen LogP contribution is 2.38. The van der Waals surface area contributed by atoms with Crippen LogP contribution in [0.4, 0.5) is 4.79 Å². The number of likely N-dealkylation sites (tertiary alicyclic amines) is 1. The fraction of sp³-hybridized carbons (Fsp3) is 0.846. The quantitative estimate of drug-likeness (QED) is 0.794. The van der Waals surface area contributed by atoms with Crippen molar-refractivity contribution in [2.24, 2.45) is 5.41 Å². The number of amides is 1. The number of ether oxygens (including phenoxy) is 1. The lowest BCUT2D eigenvalue weighted by Crippen LogP contribution is -2.50. The van der Waals surface area contributed by atoms with Gasteiger partial charge < -0.3 is 14.7 Å². The molecule has 0 saturated carbocycles. The number of alkyl halides is 1. The SMILES string of the molecule is C[C@H](Cl)C1(C(=O)O)CCN(C(=O)OC(C)(C)C)CC1. The average molecular weight is 292 g/mol. The Labute approximate surface area is 118 Å². The number of hydrogen-bond acceptors (Lipinski definition) is 3. The predicted octanol–water partition coefficient (Wildman–Crippen LogP) is 2.72. The molecule has 0 aromatic heterocycles. The first-order valence-electron chi connectivity index (χ1n) is 6.44. The third-order valence-corrected chi connectivity index (χ3v) is 3.91. The van der Waals surface area contributed by atoms with Crippen LogP contribution in [0.25, 0.3) is 0 Å². The van der Waals surface area contributed by atoms with Crippen LogP contribution in [0.2, 0.25) is 0 Å². The minimum absolute atomic E-state index is 0.353. The number of halogens is 1. The Hall–Kier alpha value is -0.970. The van der Waals surface area contributed by atoms with Gasteiger partial charge >= 0.3 is 12.1 Å². The molecule has 0 bridgehead atoms. The van der Waals surface area contributed by atoms with E-state index < -0.39 is 28.5 Å². The Morgan fingerprint density at radius 3 is 2.11 bits per heavy atom. The maximum atomic E-state index is 11.9. The van der Waals surface area contributed by atoms with Crippen LogP contribution in [0.15, 0.2) is 0 Å². The normalized spacial score (nSPS) is 20.8. The van der Waals surface area contributed by atoms with E-state index in [1.54, 1.807) is 32.6 Å². The molecule has 0 aromatic rings. The zero-order valence-corrected chi connectivity index (χ0v) is 12.7. The smallest absolute Gasteiger partial charge is 0.410 e. The van der Waals surface area contributed by atoms with Gasteiger partial charge in [0.1, 0.15) is 5.60 Å². The van der Waals surface area contributed by atoms with Crippen LogP contribution in [-0.4, -0.2) is 46.1 Å².